The highest BCUT2D eigenvalue weighted by Gasteiger charge is 2.22. The fraction of sp³-hybridized carbons (Fsp3) is 0.333. The number of amides is 1. The van der Waals surface area contributed by atoms with Gasteiger partial charge in [0.05, 0.1) is 17.8 Å². The summed E-state index contributed by atoms with van der Waals surface area (Å²) >= 11 is 0. The molecule has 0 aromatic heterocycles. The van der Waals surface area contributed by atoms with Crippen LogP contribution in [-0.4, -0.2) is 31.3 Å². The van der Waals surface area contributed by atoms with E-state index in [0.717, 1.165) is 0 Å². The highest BCUT2D eigenvalue weighted by molar-refractivity contribution is 6.00. The lowest BCUT2D eigenvalue weighted by molar-refractivity contribution is -0.120. The van der Waals surface area contributed by atoms with Crippen LogP contribution in [0.1, 0.15) is 17.3 Å². The highest BCUT2D eigenvalue weighted by atomic mass is 19.1. The Bertz CT molecular complexity index is 474. The number of hydrogen-bond acceptors (Lipinski definition) is 3. The highest BCUT2D eigenvalue weighted by Crippen LogP contribution is 2.24. The van der Waals surface area contributed by atoms with Gasteiger partial charge in [-0.05, 0) is 19.1 Å². The van der Waals surface area contributed by atoms with Crippen molar-refractivity contribution in [2.24, 2.45) is 0 Å². The third-order valence-electron chi connectivity index (χ3n) is 2.72. The fourth-order valence-electron chi connectivity index (χ4n) is 1.97. The van der Waals surface area contributed by atoms with Crippen LogP contribution < -0.4 is 10.2 Å². The maximum absolute atomic E-state index is 13.6. The zero-order valence-corrected chi connectivity index (χ0v) is 9.50. The van der Waals surface area contributed by atoms with Gasteiger partial charge in [0, 0.05) is 13.1 Å². The Kier molecular flexibility index (Phi) is 3.08. The molecule has 1 heterocycles. The van der Waals surface area contributed by atoms with E-state index in [1.165, 1.54) is 13.0 Å². The van der Waals surface area contributed by atoms with Crippen LogP contribution in [0.4, 0.5) is 10.1 Å². The van der Waals surface area contributed by atoms with Crippen LogP contribution in [0.25, 0.3) is 0 Å². The number of anilines is 1. The number of Topliss-reactive ketones (excluding diaryl/α,β-unsaturated/α-hetero) is 1. The minimum atomic E-state index is -0.541. The molecule has 90 valence electrons. The molecule has 17 heavy (non-hydrogen) atoms. The molecule has 0 radical (unpaired) electrons. The number of carbonyl (C=O) groups excluding carboxylic acids is 2. The monoisotopic (exact) mass is 236 g/mol. The first kappa shape index (κ1) is 11.6. The van der Waals surface area contributed by atoms with Crippen molar-refractivity contribution in [2.75, 3.05) is 24.5 Å². The number of halogens is 1. The van der Waals surface area contributed by atoms with Crippen molar-refractivity contribution in [1.82, 2.24) is 5.32 Å². The van der Waals surface area contributed by atoms with Crippen LogP contribution >= 0.6 is 0 Å². The Balaban J connectivity index is 2.40. The molecule has 0 aliphatic carbocycles. The Morgan fingerprint density at radius 1 is 1.47 bits per heavy atom. The van der Waals surface area contributed by atoms with Gasteiger partial charge in [0.25, 0.3) is 0 Å². The standard InChI is InChI=1S/C12H13FN2O2/c1-8(16)12-9(13)3-2-4-10(12)15-6-5-14-11(17)7-15/h2-4H,5-7H2,1H3,(H,14,17). The maximum Gasteiger partial charge on any atom is 0.239 e. The van der Waals surface area contributed by atoms with Crippen LogP contribution in [-0.2, 0) is 4.79 Å². The van der Waals surface area contributed by atoms with Gasteiger partial charge < -0.3 is 10.2 Å². The first-order valence-electron chi connectivity index (χ1n) is 5.40. The van der Waals surface area contributed by atoms with Gasteiger partial charge >= 0.3 is 0 Å². The average Bonchev–Trinajstić information content (AvgIpc) is 2.28. The van der Waals surface area contributed by atoms with Crippen molar-refractivity contribution in [3.63, 3.8) is 0 Å². The SMILES string of the molecule is CC(=O)c1c(F)cccc1N1CCNC(=O)C1. The summed E-state index contributed by atoms with van der Waals surface area (Å²) in [5.41, 5.74) is 0.551. The van der Waals surface area contributed by atoms with E-state index in [-0.39, 0.29) is 23.8 Å². The molecule has 0 saturated carbocycles. The van der Waals surface area contributed by atoms with Gasteiger partial charge in [-0.15, -0.1) is 0 Å². The van der Waals surface area contributed by atoms with E-state index in [9.17, 15) is 14.0 Å². The summed E-state index contributed by atoms with van der Waals surface area (Å²) in [5.74, 6) is -0.986. The third kappa shape index (κ3) is 2.27. The molecule has 1 fully saturated rings. The molecule has 1 aliphatic heterocycles. The van der Waals surface area contributed by atoms with E-state index in [1.54, 1.807) is 17.0 Å². The summed E-state index contributed by atoms with van der Waals surface area (Å²) in [6.07, 6.45) is 0. The number of benzene rings is 1. The summed E-state index contributed by atoms with van der Waals surface area (Å²) < 4.78 is 13.6. The second-order valence-electron chi connectivity index (χ2n) is 3.96. The van der Waals surface area contributed by atoms with E-state index in [2.05, 4.69) is 5.32 Å². The molecule has 0 spiro atoms. The van der Waals surface area contributed by atoms with Crippen LogP contribution in [0.2, 0.25) is 0 Å². The largest absolute Gasteiger partial charge is 0.360 e. The fourth-order valence-corrected chi connectivity index (χ4v) is 1.97. The van der Waals surface area contributed by atoms with Crippen LogP contribution in [0.15, 0.2) is 18.2 Å². The smallest absolute Gasteiger partial charge is 0.239 e. The molecule has 1 aromatic carbocycles. The van der Waals surface area contributed by atoms with Gasteiger partial charge in [0.2, 0.25) is 5.91 Å². The molecule has 0 atom stereocenters. The lowest BCUT2D eigenvalue weighted by Crippen LogP contribution is -2.48. The lowest BCUT2D eigenvalue weighted by Gasteiger charge is -2.30. The molecule has 1 aliphatic rings. The topological polar surface area (TPSA) is 49.4 Å². The predicted octanol–water partition coefficient (Wildman–Crippen LogP) is 0.964. The summed E-state index contributed by atoms with van der Waals surface area (Å²) in [7, 11) is 0. The summed E-state index contributed by atoms with van der Waals surface area (Å²) in [5, 5.41) is 2.69. The molecule has 1 N–H and O–H groups in total. The summed E-state index contributed by atoms with van der Waals surface area (Å²) in [6, 6.07) is 4.46. The predicted molar refractivity (Wildman–Crippen MR) is 61.6 cm³/mol. The molecule has 5 heteroatoms. The second-order valence-corrected chi connectivity index (χ2v) is 3.96. The maximum atomic E-state index is 13.6. The number of nitrogens with one attached hydrogen (secondary N) is 1. The van der Waals surface area contributed by atoms with E-state index in [4.69, 9.17) is 0 Å². The first-order chi connectivity index (χ1) is 8.09. The van der Waals surface area contributed by atoms with Crippen molar-refractivity contribution in [3.05, 3.63) is 29.6 Å². The van der Waals surface area contributed by atoms with Gasteiger partial charge in [-0.1, -0.05) is 6.07 Å². The number of rotatable bonds is 2. The second kappa shape index (κ2) is 4.53. The Labute approximate surface area is 98.4 Å². The van der Waals surface area contributed by atoms with Gasteiger partial charge in [-0.25, -0.2) is 4.39 Å². The minimum absolute atomic E-state index is 0.0576. The number of hydrogen-bond donors (Lipinski definition) is 1. The third-order valence-corrected chi connectivity index (χ3v) is 2.72. The van der Waals surface area contributed by atoms with Crippen molar-refractivity contribution in [3.8, 4) is 0 Å². The Morgan fingerprint density at radius 3 is 2.88 bits per heavy atom. The number of nitrogens with zero attached hydrogens (tertiary/aromatic N) is 1. The van der Waals surface area contributed by atoms with Gasteiger partial charge in [0.1, 0.15) is 5.82 Å². The zero-order chi connectivity index (χ0) is 12.4. The van der Waals surface area contributed by atoms with Crippen molar-refractivity contribution in [2.45, 2.75) is 6.92 Å². The van der Waals surface area contributed by atoms with Crippen molar-refractivity contribution in [1.29, 1.82) is 0 Å². The van der Waals surface area contributed by atoms with Gasteiger partial charge in [0.15, 0.2) is 5.78 Å². The van der Waals surface area contributed by atoms with Gasteiger partial charge in [-0.2, -0.15) is 0 Å². The Morgan fingerprint density at radius 2 is 2.24 bits per heavy atom. The molecule has 4 nitrogen and oxygen atoms in total. The Hall–Kier alpha value is -1.91. The van der Waals surface area contributed by atoms with E-state index < -0.39 is 5.82 Å². The summed E-state index contributed by atoms with van der Waals surface area (Å²) in [4.78, 5) is 24.4. The zero-order valence-electron chi connectivity index (χ0n) is 9.50. The van der Waals surface area contributed by atoms with Crippen LogP contribution in [0.5, 0.6) is 0 Å². The molecule has 2 rings (SSSR count). The van der Waals surface area contributed by atoms with Crippen molar-refractivity contribution >= 4 is 17.4 Å². The number of ketones is 1. The summed E-state index contributed by atoms with van der Waals surface area (Å²) in [6.45, 7) is 2.57. The van der Waals surface area contributed by atoms with Crippen molar-refractivity contribution < 1.29 is 14.0 Å². The number of carbonyl (C=O) groups is 2. The first-order valence-corrected chi connectivity index (χ1v) is 5.40. The van der Waals surface area contributed by atoms with Crippen LogP contribution in [0, 0.1) is 5.82 Å². The molecule has 0 unspecified atom stereocenters. The molecule has 1 amide bonds. The molecule has 0 bridgehead atoms. The minimum Gasteiger partial charge on any atom is -0.360 e. The molecule has 1 saturated heterocycles. The number of piperazine rings is 1. The lowest BCUT2D eigenvalue weighted by atomic mass is 10.1. The quantitative estimate of drug-likeness (QED) is 0.778. The van der Waals surface area contributed by atoms with Crippen LogP contribution in [0.3, 0.4) is 0 Å². The van der Waals surface area contributed by atoms with Gasteiger partial charge in [-0.3, -0.25) is 9.59 Å². The van der Waals surface area contributed by atoms with E-state index in [0.29, 0.717) is 18.8 Å². The normalized spacial score (nSPS) is 15.6. The van der Waals surface area contributed by atoms with E-state index in [1.807, 2.05) is 0 Å². The average molecular weight is 236 g/mol. The van der Waals surface area contributed by atoms with E-state index >= 15 is 0 Å². The molecule has 1 aromatic rings. The molecular weight excluding hydrogens is 223 g/mol. The molecular formula is C12H13FN2O2.